The Labute approximate surface area is 117 Å². The summed E-state index contributed by atoms with van der Waals surface area (Å²) < 4.78 is 3.68. The van der Waals surface area contributed by atoms with Crippen LogP contribution in [0.4, 0.5) is 0 Å². The standard InChI is InChI=1S/C14H19N5O/c1-3-4-11-14-17-16-13(19(14)8-6-15-11)10-5-7-18(2)12(20)9-10/h5,7,9,11,15H,3-4,6,8H2,1-2H3. The first kappa shape index (κ1) is 13.1. The number of hydrogen-bond acceptors (Lipinski definition) is 4. The van der Waals surface area contributed by atoms with E-state index in [1.807, 2.05) is 6.07 Å². The molecule has 0 saturated heterocycles. The lowest BCUT2D eigenvalue weighted by Crippen LogP contribution is -2.33. The van der Waals surface area contributed by atoms with Gasteiger partial charge in [0, 0.05) is 38.0 Å². The lowest BCUT2D eigenvalue weighted by molar-refractivity contribution is 0.394. The van der Waals surface area contributed by atoms with Crippen LogP contribution in [-0.2, 0) is 13.6 Å². The molecule has 0 saturated carbocycles. The van der Waals surface area contributed by atoms with E-state index in [-0.39, 0.29) is 11.6 Å². The summed E-state index contributed by atoms with van der Waals surface area (Å²) in [6.07, 6.45) is 3.92. The first-order valence-corrected chi connectivity index (χ1v) is 7.04. The Morgan fingerprint density at radius 1 is 1.45 bits per heavy atom. The molecule has 3 rings (SSSR count). The molecular weight excluding hydrogens is 254 g/mol. The Bertz CT molecular complexity index is 672. The number of hydrogen-bond donors (Lipinski definition) is 1. The third kappa shape index (κ3) is 2.16. The zero-order valence-electron chi connectivity index (χ0n) is 11.8. The maximum absolute atomic E-state index is 11.8. The van der Waals surface area contributed by atoms with E-state index in [0.717, 1.165) is 43.1 Å². The van der Waals surface area contributed by atoms with Gasteiger partial charge < -0.3 is 14.5 Å². The predicted octanol–water partition coefficient (Wildman–Crippen LogP) is 1.09. The number of fused-ring (bicyclic) bond motifs is 1. The van der Waals surface area contributed by atoms with Crippen molar-refractivity contribution < 1.29 is 0 Å². The van der Waals surface area contributed by atoms with Gasteiger partial charge in [-0.1, -0.05) is 13.3 Å². The summed E-state index contributed by atoms with van der Waals surface area (Å²) in [5, 5.41) is 12.1. The summed E-state index contributed by atoms with van der Waals surface area (Å²) in [5.74, 6) is 1.77. The van der Waals surface area contributed by atoms with E-state index < -0.39 is 0 Å². The molecule has 1 aliphatic rings. The van der Waals surface area contributed by atoms with Crippen LogP contribution in [0.25, 0.3) is 11.4 Å². The van der Waals surface area contributed by atoms with E-state index in [1.165, 1.54) is 0 Å². The third-order valence-electron chi connectivity index (χ3n) is 3.76. The molecule has 0 aliphatic carbocycles. The lowest BCUT2D eigenvalue weighted by Gasteiger charge is -2.24. The highest BCUT2D eigenvalue weighted by atomic mass is 16.1. The van der Waals surface area contributed by atoms with Crippen molar-refractivity contribution in [2.45, 2.75) is 32.4 Å². The zero-order chi connectivity index (χ0) is 14.1. The molecule has 0 spiro atoms. The van der Waals surface area contributed by atoms with E-state index in [0.29, 0.717) is 0 Å². The quantitative estimate of drug-likeness (QED) is 0.909. The zero-order valence-corrected chi connectivity index (χ0v) is 11.8. The van der Waals surface area contributed by atoms with Gasteiger partial charge in [-0.2, -0.15) is 0 Å². The van der Waals surface area contributed by atoms with Crippen LogP contribution < -0.4 is 10.9 Å². The minimum absolute atomic E-state index is 0.0288. The van der Waals surface area contributed by atoms with Crippen LogP contribution in [0, 0.1) is 0 Å². The van der Waals surface area contributed by atoms with Gasteiger partial charge in [-0.05, 0) is 12.5 Å². The normalized spacial score (nSPS) is 18.0. The summed E-state index contributed by atoms with van der Waals surface area (Å²) in [7, 11) is 1.74. The first-order chi connectivity index (χ1) is 9.70. The van der Waals surface area contributed by atoms with Gasteiger partial charge in [0.1, 0.15) is 0 Å². The Morgan fingerprint density at radius 3 is 3.05 bits per heavy atom. The second-order valence-electron chi connectivity index (χ2n) is 5.19. The molecule has 2 aromatic rings. The minimum Gasteiger partial charge on any atom is -0.319 e. The SMILES string of the molecule is CCCC1NCCn2c(-c3ccn(C)c(=O)c3)nnc21. The van der Waals surface area contributed by atoms with Crippen LogP contribution in [0.15, 0.2) is 23.1 Å². The Balaban J connectivity index is 2.03. The van der Waals surface area contributed by atoms with Crippen LogP contribution in [0.1, 0.15) is 31.6 Å². The molecule has 1 N–H and O–H groups in total. The molecule has 6 nitrogen and oxygen atoms in total. The van der Waals surface area contributed by atoms with Gasteiger partial charge >= 0.3 is 0 Å². The van der Waals surface area contributed by atoms with Crippen molar-refractivity contribution in [2.75, 3.05) is 6.54 Å². The molecule has 1 atom stereocenters. The van der Waals surface area contributed by atoms with E-state index >= 15 is 0 Å². The van der Waals surface area contributed by atoms with Crippen LogP contribution >= 0.6 is 0 Å². The van der Waals surface area contributed by atoms with E-state index in [1.54, 1.807) is 23.9 Å². The second kappa shape index (κ2) is 5.20. The van der Waals surface area contributed by atoms with Crippen molar-refractivity contribution in [1.82, 2.24) is 24.6 Å². The lowest BCUT2D eigenvalue weighted by atomic mass is 10.1. The molecule has 6 heteroatoms. The highest BCUT2D eigenvalue weighted by Crippen LogP contribution is 2.25. The maximum atomic E-state index is 11.8. The van der Waals surface area contributed by atoms with Gasteiger partial charge in [0.15, 0.2) is 11.6 Å². The maximum Gasteiger partial charge on any atom is 0.250 e. The van der Waals surface area contributed by atoms with Crippen LogP contribution in [-0.4, -0.2) is 25.9 Å². The molecular formula is C14H19N5O. The fraction of sp³-hybridized carbons (Fsp3) is 0.500. The molecule has 1 aliphatic heterocycles. The van der Waals surface area contributed by atoms with E-state index in [2.05, 4.69) is 27.0 Å². The highest BCUT2D eigenvalue weighted by molar-refractivity contribution is 5.54. The summed E-state index contributed by atoms with van der Waals surface area (Å²) in [6, 6.07) is 3.80. The highest BCUT2D eigenvalue weighted by Gasteiger charge is 2.24. The number of aromatic nitrogens is 4. The molecule has 0 amide bonds. The largest absolute Gasteiger partial charge is 0.319 e. The first-order valence-electron chi connectivity index (χ1n) is 7.04. The van der Waals surface area contributed by atoms with Crippen molar-refractivity contribution in [3.63, 3.8) is 0 Å². The van der Waals surface area contributed by atoms with Crippen molar-refractivity contribution in [3.05, 3.63) is 34.5 Å². The molecule has 0 radical (unpaired) electrons. The van der Waals surface area contributed by atoms with Crippen LogP contribution in [0.3, 0.4) is 0 Å². The topological polar surface area (TPSA) is 64.7 Å². The molecule has 0 aromatic carbocycles. The minimum atomic E-state index is -0.0288. The van der Waals surface area contributed by atoms with Gasteiger partial charge in [-0.3, -0.25) is 4.79 Å². The van der Waals surface area contributed by atoms with Crippen LogP contribution in [0.5, 0.6) is 0 Å². The Morgan fingerprint density at radius 2 is 2.30 bits per heavy atom. The predicted molar refractivity (Wildman–Crippen MR) is 76.4 cm³/mol. The van der Waals surface area contributed by atoms with E-state index in [9.17, 15) is 4.79 Å². The molecule has 0 fully saturated rings. The monoisotopic (exact) mass is 273 g/mol. The van der Waals surface area contributed by atoms with Crippen molar-refractivity contribution in [1.29, 1.82) is 0 Å². The molecule has 3 heterocycles. The number of pyridine rings is 1. The molecule has 20 heavy (non-hydrogen) atoms. The fourth-order valence-electron chi connectivity index (χ4n) is 2.66. The number of rotatable bonds is 3. The third-order valence-corrected chi connectivity index (χ3v) is 3.76. The smallest absolute Gasteiger partial charge is 0.250 e. The second-order valence-corrected chi connectivity index (χ2v) is 5.19. The summed E-state index contributed by atoms with van der Waals surface area (Å²) >= 11 is 0. The summed E-state index contributed by atoms with van der Waals surface area (Å²) in [5.41, 5.74) is 0.808. The molecule has 106 valence electrons. The molecule has 1 unspecified atom stereocenters. The number of aryl methyl sites for hydroxylation is 1. The number of nitrogens with zero attached hydrogens (tertiary/aromatic N) is 4. The van der Waals surface area contributed by atoms with Crippen molar-refractivity contribution in [2.24, 2.45) is 7.05 Å². The molecule has 2 aromatic heterocycles. The van der Waals surface area contributed by atoms with Crippen molar-refractivity contribution >= 4 is 0 Å². The fourth-order valence-corrected chi connectivity index (χ4v) is 2.66. The Kier molecular flexibility index (Phi) is 3.40. The van der Waals surface area contributed by atoms with Gasteiger partial charge in [0.05, 0.1) is 6.04 Å². The average Bonchev–Trinajstić information content (AvgIpc) is 2.87. The van der Waals surface area contributed by atoms with E-state index in [4.69, 9.17) is 0 Å². The van der Waals surface area contributed by atoms with Gasteiger partial charge in [-0.25, -0.2) is 0 Å². The van der Waals surface area contributed by atoms with Gasteiger partial charge in [0.25, 0.3) is 5.56 Å². The average molecular weight is 273 g/mol. The van der Waals surface area contributed by atoms with Crippen molar-refractivity contribution in [3.8, 4) is 11.4 Å². The summed E-state index contributed by atoms with van der Waals surface area (Å²) in [4.78, 5) is 11.8. The van der Waals surface area contributed by atoms with Crippen LogP contribution in [0.2, 0.25) is 0 Å². The summed E-state index contributed by atoms with van der Waals surface area (Å²) in [6.45, 7) is 3.92. The van der Waals surface area contributed by atoms with Gasteiger partial charge in [-0.15, -0.1) is 10.2 Å². The molecule has 0 bridgehead atoms. The Hall–Kier alpha value is -1.95. The van der Waals surface area contributed by atoms with Gasteiger partial charge in [0.2, 0.25) is 0 Å². The number of nitrogens with one attached hydrogen (secondary N) is 1.